The van der Waals surface area contributed by atoms with E-state index in [0.29, 0.717) is 16.9 Å². The van der Waals surface area contributed by atoms with Gasteiger partial charge in [-0.15, -0.1) is 0 Å². The highest BCUT2D eigenvalue weighted by Crippen LogP contribution is 2.39. The maximum absolute atomic E-state index is 13.3. The van der Waals surface area contributed by atoms with Gasteiger partial charge in [0, 0.05) is 18.8 Å². The Hall–Kier alpha value is -2.69. The summed E-state index contributed by atoms with van der Waals surface area (Å²) in [6, 6.07) is 9.13. The minimum atomic E-state index is -0.307. The molecule has 1 aromatic heterocycles. The third kappa shape index (κ3) is 2.42. The van der Waals surface area contributed by atoms with E-state index in [0.717, 1.165) is 55.7 Å². The Morgan fingerprint density at radius 3 is 2.38 bits per heavy atom. The van der Waals surface area contributed by atoms with Crippen molar-refractivity contribution in [3.05, 3.63) is 52.8 Å². The highest BCUT2D eigenvalue weighted by Gasteiger charge is 2.42. The van der Waals surface area contributed by atoms with Gasteiger partial charge in [0.25, 0.3) is 11.8 Å². The summed E-state index contributed by atoms with van der Waals surface area (Å²) in [4.78, 5) is 34.5. The SMILES string of the molecule is CCN(CC)c1c2c(nc3c1C(=O)N(c1ccccc1)C3=O)CCCC2. The molecule has 0 bridgehead atoms. The lowest BCUT2D eigenvalue weighted by Gasteiger charge is -2.29. The zero-order valence-corrected chi connectivity index (χ0v) is 15.3. The van der Waals surface area contributed by atoms with Crippen LogP contribution >= 0.6 is 0 Å². The van der Waals surface area contributed by atoms with Crippen LogP contribution in [-0.4, -0.2) is 29.9 Å². The minimum absolute atomic E-state index is 0.251. The van der Waals surface area contributed by atoms with E-state index >= 15 is 0 Å². The molecular formula is C21H23N3O2. The molecule has 0 N–H and O–H groups in total. The summed E-state index contributed by atoms with van der Waals surface area (Å²) >= 11 is 0. The normalized spacial score (nSPS) is 15.8. The Kier molecular flexibility index (Phi) is 4.23. The van der Waals surface area contributed by atoms with Gasteiger partial charge in [0.05, 0.1) is 16.9 Å². The molecular weight excluding hydrogens is 326 g/mol. The Balaban J connectivity index is 1.94. The fourth-order valence-corrected chi connectivity index (χ4v) is 4.09. The van der Waals surface area contributed by atoms with E-state index in [-0.39, 0.29) is 11.8 Å². The summed E-state index contributed by atoms with van der Waals surface area (Å²) in [6.45, 7) is 5.77. The molecule has 0 unspecified atom stereocenters. The molecule has 1 aromatic carbocycles. The predicted octanol–water partition coefficient (Wildman–Crippen LogP) is 3.61. The topological polar surface area (TPSA) is 53.5 Å². The largest absolute Gasteiger partial charge is 0.371 e. The van der Waals surface area contributed by atoms with Crippen molar-refractivity contribution in [2.75, 3.05) is 22.9 Å². The predicted molar refractivity (Wildman–Crippen MR) is 102 cm³/mol. The fourth-order valence-electron chi connectivity index (χ4n) is 4.09. The first-order valence-electron chi connectivity index (χ1n) is 9.41. The van der Waals surface area contributed by atoms with Gasteiger partial charge in [-0.2, -0.15) is 0 Å². The number of benzene rings is 1. The number of para-hydroxylation sites is 1. The lowest BCUT2D eigenvalue weighted by atomic mass is 9.91. The molecule has 0 atom stereocenters. The molecule has 1 aliphatic heterocycles. The average molecular weight is 349 g/mol. The van der Waals surface area contributed by atoms with Gasteiger partial charge < -0.3 is 4.90 Å². The number of anilines is 2. The quantitative estimate of drug-likeness (QED) is 0.791. The summed E-state index contributed by atoms with van der Waals surface area (Å²) in [7, 11) is 0. The van der Waals surface area contributed by atoms with Gasteiger partial charge >= 0.3 is 0 Å². The van der Waals surface area contributed by atoms with Gasteiger partial charge in [0.1, 0.15) is 5.69 Å². The fraction of sp³-hybridized carbons (Fsp3) is 0.381. The Morgan fingerprint density at radius 1 is 1.00 bits per heavy atom. The van der Waals surface area contributed by atoms with Crippen LogP contribution in [0.4, 0.5) is 11.4 Å². The number of rotatable bonds is 4. The first kappa shape index (κ1) is 16.8. The number of aryl methyl sites for hydroxylation is 1. The molecule has 0 saturated carbocycles. The number of hydrogen-bond acceptors (Lipinski definition) is 4. The second-order valence-corrected chi connectivity index (χ2v) is 6.77. The summed E-state index contributed by atoms with van der Waals surface area (Å²) in [6.07, 6.45) is 3.99. The number of fused-ring (bicyclic) bond motifs is 2. The van der Waals surface area contributed by atoms with Crippen LogP contribution < -0.4 is 9.80 Å². The van der Waals surface area contributed by atoms with Crippen LogP contribution in [0.2, 0.25) is 0 Å². The molecule has 2 heterocycles. The lowest BCUT2D eigenvalue weighted by Crippen LogP contribution is -2.30. The Morgan fingerprint density at radius 2 is 1.69 bits per heavy atom. The molecule has 134 valence electrons. The van der Waals surface area contributed by atoms with Crippen molar-refractivity contribution in [3.8, 4) is 0 Å². The van der Waals surface area contributed by atoms with E-state index in [4.69, 9.17) is 0 Å². The summed E-state index contributed by atoms with van der Waals surface area (Å²) in [5, 5.41) is 0. The molecule has 0 fully saturated rings. The van der Waals surface area contributed by atoms with Crippen LogP contribution in [0, 0.1) is 0 Å². The zero-order valence-electron chi connectivity index (χ0n) is 15.3. The van der Waals surface area contributed by atoms with Gasteiger partial charge in [-0.1, -0.05) is 18.2 Å². The van der Waals surface area contributed by atoms with E-state index < -0.39 is 0 Å². The second kappa shape index (κ2) is 6.56. The van der Waals surface area contributed by atoms with Crippen molar-refractivity contribution in [2.45, 2.75) is 39.5 Å². The monoisotopic (exact) mass is 349 g/mol. The Labute approximate surface area is 153 Å². The zero-order chi connectivity index (χ0) is 18.3. The molecule has 0 radical (unpaired) electrons. The second-order valence-electron chi connectivity index (χ2n) is 6.77. The summed E-state index contributed by atoms with van der Waals surface area (Å²) in [5.41, 5.74) is 4.50. The molecule has 5 nitrogen and oxygen atoms in total. The van der Waals surface area contributed by atoms with Gasteiger partial charge in [0.2, 0.25) is 0 Å². The van der Waals surface area contributed by atoms with Crippen molar-refractivity contribution in [1.82, 2.24) is 4.98 Å². The summed E-state index contributed by atoms with van der Waals surface area (Å²) in [5.74, 6) is -0.558. The van der Waals surface area contributed by atoms with Crippen molar-refractivity contribution in [2.24, 2.45) is 0 Å². The number of nitrogens with zero attached hydrogens (tertiary/aromatic N) is 3. The highest BCUT2D eigenvalue weighted by atomic mass is 16.2. The van der Waals surface area contributed by atoms with Crippen LogP contribution in [0.15, 0.2) is 30.3 Å². The number of imide groups is 1. The van der Waals surface area contributed by atoms with E-state index in [9.17, 15) is 9.59 Å². The van der Waals surface area contributed by atoms with Crippen LogP contribution in [0.5, 0.6) is 0 Å². The molecule has 4 rings (SSSR count). The first-order valence-corrected chi connectivity index (χ1v) is 9.41. The molecule has 26 heavy (non-hydrogen) atoms. The van der Waals surface area contributed by atoms with Crippen molar-refractivity contribution < 1.29 is 9.59 Å². The number of amides is 2. The first-order chi connectivity index (χ1) is 12.7. The lowest BCUT2D eigenvalue weighted by molar-refractivity contribution is 0.0925. The molecule has 2 aliphatic rings. The summed E-state index contributed by atoms with van der Waals surface area (Å²) < 4.78 is 0. The maximum atomic E-state index is 13.3. The van der Waals surface area contributed by atoms with Gasteiger partial charge in [0.15, 0.2) is 0 Å². The van der Waals surface area contributed by atoms with Crippen molar-refractivity contribution >= 4 is 23.2 Å². The van der Waals surface area contributed by atoms with E-state index in [1.54, 1.807) is 12.1 Å². The standard InChI is InChI=1S/C21H23N3O2/c1-3-23(4-2)19-15-12-8-9-13-16(15)22-18-17(19)20(25)24(21(18)26)14-10-6-5-7-11-14/h5-7,10-11H,3-4,8-9,12-13H2,1-2H3. The molecule has 5 heteroatoms. The van der Waals surface area contributed by atoms with E-state index in [1.165, 1.54) is 4.90 Å². The molecule has 2 aromatic rings. The van der Waals surface area contributed by atoms with Crippen LogP contribution in [-0.2, 0) is 12.8 Å². The van der Waals surface area contributed by atoms with Crippen LogP contribution in [0.1, 0.15) is 58.8 Å². The molecule has 1 aliphatic carbocycles. The molecule has 0 spiro atoms. The van der Waals surface area contributed by atoms with Gasteiger partial charge in [-0.05, 0) is 57.2 Å². The van der Waals surface area contributed by atoms with Crippen molar-refractivity contribution in [3.63, 3.8) is 0 Å². The van der Waals surface area contributed by atoms with Crippen molar-refractivity contribution in [1.29, 1.82) is 0 Å². The maximum Gasteiger partial charge on any atom is 0.284 e. The highest BCUT2D eigenvalue weighted by molar-refractivity contribution is 6.35. The third-order valence-electron chi connectivity index (χ3n) is 5.36. The van der Waals surface area contributed by atoms with Gasteiger partial charge in [-0.25, -0.2) is 9.88 Å². The smallest absolute Gasteiger partial charge is 0.284 e. The molecule has 2 amide bonds. The minimum Gasteiger partial charge on any atom is -0.371 e. The van der Waals surface area contributed by atoms with E-state index in [2.05, 4.69) is 23.7 Å². The Bertz CT molecular complexity index is 873. The van der Waals surface area contributed by atoms with E-state index in [1.807, 2.05) is 18.2 Å². The number of aromatic nitrogens is 1. The van der Waals surface area contributed by atoms with Gasteiger partial charge in [-0.3, -0.25) is 9.59 Å². The number of pyridine rings is 1. The third-order valence-corrected chi connectivity index (χ3v) is 5.36. The number of hydrogen-bond donors (Lipinski definition) is 0. The van der Waals surface area contributed by atoms with Crippen LogP contribution in [0.3, 0.4) is 0 Å². The number of carbonyl (C=O) groups excluding carboxylic acids is 2. The average Bonchev–Trinajstić information content (AvgIpc) is 2.93. The van der Waals surface area contributed by atoms with Crippen LogP contribution in [0.25, 0.3) is 0 Å². The number of carbonyl (C=O) groups is 2. The molecule has 0 saturated heterocycles.